The van der Waals surface area contributed by atoms with Gasteiger partial charge >= 0.3 is 12.0 Å². The van der Waals surface area contributed by atoms with E-state index >= 15 is 0 Å². The molecule has 0 aliphatic rings. The van der Waals surface area contributed by atoms with Crippen molar-refractivity contribution >= 4 is 17.6 Å². The first-order valence-corrected chi connectivity index (χ1v) is 5.00. The van der Waals surface area contributed by atoms with Crippen molar-refractivity contribution < 1.29 is 14.6 Å². The number of nitrogens with zero attached hydrogens (tertiary/aromatic N) is 3. The molecule has 0 amide bonds. The highest BCUT2D eigenvalue weighted by atomic mass is 35.5. The van der Waals surface area contributed by atoms with Gasteiger partial charge < -0.3 is 9.84 Å². The summed E-state index contributed by atoms with van der Waals surface area (Å²) in [7, 11) is 1.70. The molecular formula is C10H8ClN3O3. The van der Waals surface area contributed by atoms with Gasteiger partial charge in [0, 0.05) is 7.05 Å². The van der Waals surface area contributed by atoms with Crippen LogP contribution in [0.15, 0.2) is 24.5 Å². The van der Waals surface area contributed by atoms with E-state index in [4.69, 9.17) is 21.4 Å². The molecule has 0 atom stereocenters. The maximum Gasteiger partial charge on any atom is 0.341 e. The molecule has 1 heterocycles. The zero-order chi connectivity index (χ0) is 12.4. The van der Waals surface area contributed by atoms with E-state index < -0.39 is 5.97 Å². The van der Waals surface area contributed by atoms with Crippen molar-refractivity contribution in [3.8, 4) is 11.8 Å². The maximum absolute atomic E-state index is 10.7. The number of hydrogen-bond donors (Lipinski definition) is 1. The Morgan fingerprint density at radius 1 is 1.53 bits per heavy atom. The molecule has 0 unspecified atom stereocenters. The lowest BCUT2D eigenvalue weighted by atomic mass is 10.2. The monoisotopic (exact) mass is 253 g/mol. The molecule has 0 saturated heterocycles. The lowest BCUT2D eigenvalue weighted by Crippen LogP contribution is -1.96. The van der Waals surface area contributed by atoms with Crippen LogP contribution in [0, 0.1) is 0 Å². The molecule has 88 valence electrons. The first-order valence-electron chi connectivity index (χ1n) is 4.62. The van der Waals surface area contributed by atoms with Gasteiger partial charge in [0.05, 0.1) is 10.6 Å². The van der Waals surface area contributed by atoms with Crippen molar-refractivity contribution in [1.82, 2.24) is 14.8 Å². The predicted molar refractivity (Wildman–Crippen MR) is 59.5 cm³/mol. The van der Waals surface area contributed by atoms with Crippen LogP contribution in [-0.4, -0.2) is 25.8 Å². The molecule has 6 nitrogen and oxygen atoms in total. The van der Waals surface area contributed by atoms with Crippen LogP contribution in [0.2, 0.25) is 5.02 Å². The number of carboxylic acids is 1. The van der Waals surface area contributed by atoms with Gasteiger partial charge in [-0.25, -0.2) is 4.79 Å². The minimum absolute atomic E-state index is 0.0938. The fraction of sp³-hybridized carbons (Fsp3) is 0.100. The van der Waals surface area contributed by atoms with Crippen LogP contribution < -0.4 is 4.74 Å². The summed E-state index contributed by atoms with van der Waals surface area (Å²) in [5.74, 6) is -0.739. The second-order valence-corrected chi connectivity index (χ2v) is 3.66. The molecule has 0 spiro atoms. The SMILES string of the molecule is Cn1cnc(Oc2ccc(C(=O)O)cc2Cl)n1. The van der Waals surface area contributed by atoms with E-state index in [0.717, 1.165) is 0 Å². The van der Waals surface area contributed by atoms with E-state index in [-0.39, 0.29) is 16.6 Å². The summed E-state index contributed by atoms with van der Waals surface area (Å²) in [4.78, 5) is 14.6. The first kappa shape index (κ1) is 11.4. The van der Waals surface area contributed by atoms with E-state index in [1.807, 2.05) is 0 Å². The Morgan fingerprint density at radius 2 is 2.29 bits per heavy atom. The van der Waals surface area contributed by atoms with E-state index in [0.29, 0.717) is 5.75 Å². The highest BCUT2D eigenvalue weighted by Gasteiger charge is 2.10. The van der Waals surface area contributed by atoms with Crippen molar-refractivity contribution in [2.24, 2.45) is 7.05 Å². The molecule has 1 N–H and O–H groups in total. The third kappa shape index (κ3) is 2.54. The summed E-state index contributed by atoms with van der Waals surface area (Å²) in [6.45, 7) is 0. The quantitative estimate of drug-likeness (QED) is 0.905. The molecule has 17 heavy (non-hydrogen) atoms. The highest BCUT2D eigenvalue weighted by molar-refractivity contribution is 6.32. The summed E-state index contributed by atoms with van der Waals surface area (Å²) >= 11 is 5.88. The lowest BCUT2D eigenvalue weighted by molar-refractivity contribution is 0.0697. The van der Waals surface area contributed by atoms with Gasteiger partial charge in [0.1, 0.15) is 12.1 Å². The predicted octanol–water partition coefficient (Wildman–Crippen LogP) is 1.96. The first-order chi connectivity index (χ1) is 8.06. The summed E-state index contributed by atoms with van der Waals surface area (Å²) < 4.78 is 6.78. The van der Waals surface area contributed by atoms with E-state index in [1.165, 1.54) is 29.2 Å². The van der Waals surface area contributed by atoms with Crippen LogP contribution in [0.1, 0.15) is 10.4 Å². The van der Waals surface area contributed by atoms with Crippen LogP contribution in [0.4, 0.5) is 0 Å². The molecular weight excluding hydrogens is 246 g/mol. The third-order valence-corrected chi connectivity index (χ3v) is 2.25. The number of hydrogen-bond acceptors (Lipinski definition) is 4. The second-order valence-electron chi connectivity index (χ2n) is 3.25. The molecule has 0 aliphatic carbocycles. The van der Waals surface area contributed by atoms with Crippen molar-refractivity contribution in [3.63, 3.8) is 0 Å². The van der Waals surface area contributed by atoms with E-state index in [1.54, 1.807) is 7.05 Å². The minimum atomic E-state index is -1.05. The van der Waals surface area contributed by atoms with Crippen molar-refractivity contribution in [1.29, 1.82) is 0 Å². The van der Waals surface area contributed by atoms with Gasteiger partial charge in [0.15, 0.2) is 0 Å². The summed E-state index contributed by atoms with van der Waals surface area (Å²) in [5.41, 5.74) is 0.0938. The highest BCUT2D eigenvalue weighted by Crippen LogP contribution is 2.28. The van der Waals surface area contributed by atoms with E-state index in [9.17, 15) is 4.79 Å². The van der Waals surface area contributed by atoms with Crippen LogP contribution >= 0.6 is 11.6 Å². The largest absolute Gasteiger partial charge is 0.478 e. The second kappa shape index (κ2) is 4.42. The molecule has 0 bridgehead atoms. The standard InChI is InChI=1S/C10H8ClN3O3/c1-14-5-12-10(13-14)17-8-3-2-6(9(15)16)4-7(8)11/h2-5H,1H3,(H,15,16). The average Bonchev–Trinajstić information content (AvgIpc) is 2.67. The van der Waals surface area contributed by atoms with Crippen molar-refractivity contribution in [3.05, 3.63) is 35.1 Å². The van der Waals surface area contributed by atoms with Gasteiger partial charge in [0.2, 0.25) is 0 Å². The fourth-order valence-electron chi connectivity index (χ4n) is 1.18. The number of aromatic nitrogens is 3. The number of benzene rings is 1. The van der Waals surface area contributed by atoms with Gasteiger partial charge in [-0.05, 0) is 18.2 Å². The summed E-state index contributed by atoms with van der Waals surface area (Å²) in [5, 5.41) is 12.9. The number of carboxylic acid groups (broad SMARTS) is 1. The number of carbonyl (C=O) groups is 1. The molecule has 7 heteroatoms. The molecule has 0 radical (unpaired) electrons. The average molecular weight is 254 g/mol. The molecule has 2 rings (SSSR count). The lowest BCUT2D eigenvalue weighted by Gasteiger charge is -2.04. The Balaban J connectivity index is 2.25. The van der Waals surface area contributed by atoms with Gasteiger partial charge in [0.25, 0.3) is 0 Å². The molecule has 1 aromatic carbocycles. The van der Waals surface area contributed by atoms with Gasteiger partial charge in [-0.15, -0.1) is 5.10 Å². The van der Waals surface area contributed by atoms with Gasteiger partial charge in [-0.2, -0.15) is 4.98 Å². The minimum Gasteiger partial charge on any atom is -0.478 e. The molecule has 0 fully saturated rings. The topological polar surface area (TPSA) is 77.2 Å². The number of aryl methyl sites for hydroxylation is 1. The van der Waals surface area contributed by atoms with Gasteiger partial charge in [-0.1, -0.05) is 11.6 Å². The normalized spacial score (nSPS) is 10.2. The Hall–Kier alpha value is -2.08. The molecule has 0 saturated carbocycles. The third-order valence-electron chi connectivity index (χ3n) is 1.96. The number of rotatable bonds is 3. The van der Waals surface area contributed by atoms with E-state index in [2.05, 4.69) is 10.1 Å². The molecule has 2 aromatic rings. The number of aromatic carboxylic acids is 1. The van der Waals surface area contributed by atoms with Crippen molar-refractivity contribution in [2.45, 2.75) is 0 Å². The van der Waals surface area contributed by atoms with Gasteiger partial charge in [-0.3, -0.25) is 4.68 Å². The van der Waals surface area contributed by atoms with Crippen LogP contribution in [0.5, 0.6) is 11.8 Å². The number of ether oxygens (including phenoxy) is 1. The Kier molecular flexibility index (Phi) is 2.97. The zero-order valence-electron chi connectivity index (χ0n) is 8.79. The Bertz CT molecular complexity index is 568. The Morgan fingerprint density at radius 3 is 2.82 bits per heavy atom. The smallest absolute Gasteiger partial charge is 0.341 e. The fourth-order valence-corrected chi connectivity index (χ4v) is 1.40. The molecule has 1 aromatic heterocycles. The van der Waals surface area contributed by atoms with Crippen LogP contribution in [-0.2, 0) is 7.05 Å². The molecule has 0 aliphatic heterocycles. The summed E-state index contributed by atoms with van der Waals surface area (Å²) in [6, 6.07) is 4.31. The Labute approximate surface area is 101 Å². The number of halogens is 1. The van der Waals surface area contributed by atoms with Crippen LogP contribution in [0.3, 0.4) is 0 Å². The summed E-state index contributed by atoms with van der Waals surface area (Å²) in [6.07, 6.45) is 1.48. The van der Waals surface area contributed by atoms with Crippen LogP contribution in [0.25, 0.3) is 0 Å². The maximum atomic E-state index is 10.7. The van der Waals surface area contributed by atoms with Crippen molar-refractivity contribution in [2.75, 3.05) is 0 Å². The zero-order valence-corrected chi connectivity index (χ0v) is 9.55.